The van der Waals surface area contributed by atoms with Crippen LogP contribution in [0.5, 0.6) is 0 Å². The lowest BCUT2D eigenvalue weighted by Gasteiger charge is -2.17. The first-order valence-electron chi connectivity index (χ1n) is 5.83. The van der Waals surface area contributed by atoms with Gasteiger partial charge >= 0.3 is 0 Å². The quantitative estimate of drug-likeness (QED) is 0.850. The van der Waals surface area contributed by atoms with Crippen LogP contribution in [0.15, 0.2) is 28.8 Å². The second kappa shape index (κ2) is 4.88. The molecule has 0 saturated carbocycles. The van der Waals surface area contributed by atoms with Gasteiger partial charge in [0, 0.05) is 12.1 Å². The summed E-state index contributed by atoms with van der Waals surface area (Å²) < 4.78 is 5.14. The summed E-state index contributed by atoms with van der Waals surface area (Å²) in [6.07, 6.45) is 0.252. The van der Waals surface area contributed by atoms with Gasteiger partial charge in [0.25, 0.3) is 0 Å². The van der Waals surface area contributed by atoms with Gasteiger partial charge in [-0.15, -0.1) is 0 Å². The van der Waals surface area contributed by atoms with Crippen LogP contribution in [0.25, 0.3) is 11.4 Å². The molecule has 0 aliphatic carbocycles. The predicted molar refractivity (Wildman–Crippen MR) is 67.9 cm³/mol. The van der Waals surface area contributed by atoms with Crippen molar-refractivity contribution in [3.63, 3.8) is 0 Å². The highest BCUT2D eigenvalue weighted by molar-refractivity contribution is 5.58. The van der Waals surface area contributed by atoms with Gasteiger partial charge < -0.3 is 15.4 Å². The Bertz CT molecular complexity index is 535. The van der Waals surface area contributed by atoms with Gasteiger partial charge in [-0.2, -0.15) is 4.98 Å². The molecule has 3 N–H and O–H groups in total. The highest BCUT2D eigenvalue weighted by Gasteiger charge is 2.23. The molecule has 2 rings (SSSR count). The predicted octanol–water partition coefficient (Wildman–Crippen LogP) is 1.30. The van der Waals surface area contributed by atoms with Crippen LogP contribution < -0.4 is 5.73 Å². The number of aryl methyl sites for hydroxylation is 1. The molecule has 1 heterocycles. The first-order valence-corrected chi connectivity index (χ1v) is 5.83. The summed E-state index contributed by atoms with van der Waals surface area (Å²) in [5.74, 6) is 0.930. The number of rotatable bonds is 4. The summed E-state index contributed by atoms with van der Waals surface area (Å²) >= 11 is 0. The third-order valence-corrected chi connectivity index (χ3v) is 2.83. The summed E-state index contributed by atoms with van der Waals surface area (Å²) in [4.78, 5) is 4.28. The number of aromatic nitrogens is 2. The molecule has 1 atom stereocenters. The topological polar surface area (TPSA) is 85.2 Å². The number of benzene rings is 1. The zero-order valence-corrected chi connectivity index (χ0v) is 10.6. The number of hydrogen-bond donors (Lipinski definition) is 2. The van der Waals surface area contributed by atoms with Gasteiger partial charge in [0.05, 0.1) is 12.0 Å². The molecule has 2 aromatic rings. The van der Waals surface area contributed by atoms with Crippen LogP contribution in [-0.4, -0.2) is 27.4 Å². The van der Waals surface area contributed by atoms with Gasteiger partial charge in [-0.3, -0.25) is 0 Å². The Kier molecular flexibility index (Phi) is 3.45. The van der Waals surface area contributed by atoms with E-state index in [0.29, 0.717) is 11.7 Å². The molecular formula is C13H17N3O2. The van der Waals surface area contributed by atoms with Crippen molar-refractivity contribution in [1.82, 2.24) is 10.1 Å². The maximum Gasteiger partial charge on any atom is 0.229 e. The zero-order valence-electron chi connectivity index (χ0n) is 10.6. The van der Waals surface area contributed by atoms with Crippen molar-refractivity contribution in [1.29, 1.82) is 0 Å². The van der Waals surface area contributed by atoms with E-state index in [0.717, 1.165) is 11.1 Å². The Balaban J connectivity index is 2.24. The summed E-state index contributed by atoms with van der Waals surface area (Å²) in [5, 5.41) is 13.8. The lowest BCUT2D eigenvalue weighted by atomic mass is 10.0. The molecule has 0 saturated heterocycles. The third kappa shape index (κ3) is 2.75. The molecule has 5 heteroatoms. The molecule has 0 amide bonds. The summed E-state index contributed by atoms with van der Waals surface area (Å²) in [7, 11) is 0. The zero-order chi connectivity index (χ0) is 13.2. The normalized spacial score (nSPS) is 14.4. The molecule has 1 aromatic carbocycles. The van der Waals surface area contributed by atoms with Crippen molar-refractivity contribution in [2.45, 2.75) is 25.9 Å². The standard InChI is InChI=1S/C13H17N3O2/c1-9-5-3-4-6-10(9)12-15-11(18-16-12)7-13(2,17)8-14/h3-6,17H,7-8,14H2,1-2H3. The fraction of sp³-hybridized carbons (Fsp3) is 0.385. The molecule has 0 spiro atoms. The Labute approximate surface area is 106 Å². The van der Waals surface area contributed by atoms with Crippen molar-refractivity contribution < 1.29 is 9.63 Å². The van der Waals surface area contributed by atoms with E-state index in [9.17, 15) is 5.11 Å². The summed E-state index contributed by atoms with van der Waals surface area (Å²) in [5.41, 5.74) is 6.45. The first kappa shape index (κ1) is 12.7. The highest BCUT2D eigenvalue weighted by Crippen LogP contribution is 2.21. The van der Waals surface area contributed by atoms with E-state index in [2.05, 4.69) is 10.1 Å². The minimum absolute atomic E-state index is 0.148. The van der Waals surface area contributed by atoms with Gasteiger partial charge in [-0.05, 0) is 19.4 Å². The van der Waals surface area contributed by atoms with Crippen LogP contribution in [0.1, 0.15) is 18.4 Å². The van der Waals surface area contributed by atoms with E-state index in [4.69, 9.17) is 10.3 Å². The fourth-order valence-electron chi connectivity index (χ4n) is 1.66. The van der Waals surface area contributed by atoms with Gasteiger partial charge in [0.1, 0.15) is 0 Å². The minimum Gasteiger partial charge on any atom is -0.388 e. The lowest BCUT2D eigenvalue weighted by molar-refractivity contribution is 0.0610. The average molecular weight is 247 g/mol. The Morgan fingerprint density at radius 3 is 2.78 bits per heavy atom. The fourth-order valence-corrected chi connectivity index (χ4v) is 1.66. The van der Waals surface area contributed by atoms with Crippen LogP contribution >= 0.6 is 0 Å². The molecule has 0 aliphatic rings. The van der Waals surface area contributed by atoms with Crippen LogP contribution in [0.3, 0.4) is 0 Å². The monoisotopic (exact) mass is 247 g/mol. The largest absolute Gasteiger partial charge is 0.388 e. The smallest absolute Gasteiger partial charge is 0.229 e. The van der Waals surface area contributed by atoms with Crippen LogP contribution in [0.2, 0.25) is 0 Å². The van der Waals surface area contributed by atoms with E-state index in [1.807, 2.05) is 31.2 Å². The second-order valence-corrected chi connectivity index (χ2v) is 4.70. The Morgan fingerprint density at radius 1 is 1.39 bits per heavy atom. The second-order valence-electron chi connectivity index (χ2n) is 4.70. The number of hydrogen-bond acceptors (Lipinski definition) is 5. The number of aliphatic hydroxyl groups is 1. The van der Waals surface area contributed by atoms with Crippen molar-refractivity contribution >= 4 is 0 Å². The van der Waals surface area contributed by atoms with Crippen molar-refractivity contribution in [2.24, 2.45) is 5.73 Å². The molecule has 1 aromatic heterocycles. The Hall–Kier alpha value is -1.72. The van der Waals surface area contributed by atoms with Crippen LogP contribution in [0, 0.1) is 6.92 Å². The Morgan fingerprint density at radius 2 is 2.11 bits per heavy atom. The molecule has 96 valence electrons. The van der Waals surface area contributed by atoms with Gasteiger partial charge in [0.2, 0.25) is 11.7 Å². The SMILES string of the molecule is Cc1ccccc1-c1noc(CC(C)(O)CN)n1. The molecule has 1 unspecified atom stereocenters. The highest BCUT2D eigenvalue weighted by atomic mass is 16.5. The van der Waals surface area contributed by atoms with Crippen molar-refractivity contribution in [3.8, 4) is 11.4 Å². The molecule has 0 aliphatic heterocycles. The summed E-state index contributed by atoms with van der Waals surface area (Å²) in [6, 6.07) is 7.81. The molecule has 0 radical (unpaired) electrons. The van der Waals surface area contributed by atoms with Crippen LogP contribution in [-0.2, 0) is 6.42 Å². The summed E-state index contributed by atoms with van der Waals surface area (Å²) in [6.45, 7) is 3.78. The number of nitrogens with two attached hydrogens (primary N) is 1. The van der Waals surface area contributed by atoms with E-state index >= 15 is 0 Å². The average Bonchev–Trinajstić information content (AvgIpc) is 2.77. The van der Waals surface area contributed by atoms with Gasteiger partial charge in [-0.1, -0.05) is 29.4 Å². The maximum atomic E-state index is 9.86. The van der Waals surface area contributed by atoms with Crippen molar-refractivity contribution in [3.05, 3.63) is 35.7 Å². The van der Waals surface area contributed by atoms with E-state index < -0.39 is 5.60 Å². The van der Waals surface area contributed by atoms with Crippen LogP contribution in [0.4, 0.5) is 0 Å². The number of nitrogens with zero attached hydrogens (tertiary/aromatic N) is 2. The molecule has 18 heavy (non-hydrogen) atoms. The van der Waals surface area contributed by atoms with E-state index in [1.165, 1.54) is 0 Å². The molecule has 0 fully saturated rings. The maximum absolute atomic E-state index is 9.86. The van der Waals surface area contributed by atoms with Gasteiger partial charge in [0.15, 0.2) is 0 Å². The van der Waals surface area contributed by atoms with E-state index in [-0.39, 0.29) is 13.0 Å². The van der Waals surface area contributed by atoms with E-state index in [1.54, 1.807) is 6.92 Å². The lowest BCUT2D eigenvalue weighted by Crippen LogP contribution is -2.36. The molecule has 0 bridgehead atoms. The van der Waals surface area contributed by atoms with Gasteiger partial charge in [-0.25, -0.2) is 0 Å². The first-order chi connectivity index (χ1) is 8.52. The minimum atomic E-state index is -1.02. The molecular weight excluding hydrogens is 230 g/mol. The van der Waals surface area contributed by atoms with Crippen molar-refractivity contribution in [2.75, 3.05) is 6.54 Å². The molecule has 5 nitrogen and oxygen atoms in total. The third-order valence-electron chi connectivity index (χ3n) is 2.83.